The Hall–Kier alpha value is -2.05. The molecular formula is C19H16BrN3OS. The highest BCUT2D eigenvalue weighted by Gasteiger charge is 2.33. The van der Waals surface area contributed by atoms with Crippen molar-refractivity contribution in [2.75, 3.05) is 12.8 Å². The Balaban J connectivity index is 1.84. The minimum absolute atomic E-state index is 0.0105. The van der Waals surface area contributed by atoms with E-state index in [4.69, 9.17) is 5.10 Å². The number of rotatable bonds is 3. The molecule has 1 atom stereocenters. The van der Waals surface area contributed by atoms with Gasteiger partial charge in [0.15, 0.2) is 0 Å². The van der Waals surface area contributed by atoms with Gasteiger partial charge in [-0.1, -0.05) is 46.3 Å². The van der Waals surface area contributed by atoms with E-state index >= 15 is 0 Å². The largest absolute Gasteiger partial charge is 0.329 e. The fourth-order valence-electron chi connectivity index (χ4n) is 2.91. The smallest absolute Gasteiger partial charge is 0.233 e. The van der Waals surface area contributed by atoms with Gasteiger partial charge in [0.2, 0.25) is 5.91 Å². The van der Waals surface area contributed by atoms with E-state index < -0.39 is 0 Å². The summed E-state index contributed by atoms with van der Waals surface area (Å²) in [7, 11) is 1.86. The highest BCUT2D eigenvalue weighted by Crippen LogP contribution is 2.41. The number of aromatic nitrogens is 2. The normalized spacial score (nSPS) is 17.3. The molecule has 0 aliphatic carbocycles. The topological polar surface area (TPSA) is 38.1 Å². The van der Waals surface area contributed by atoms with Gasteiger partial charge in [-0.15, -0.1) is 11.8 Å². The molecule has 3 aromatic rings. The maximum absolute atomic E-state index is 12.0. The van der Waals surface area contributed by atoms with Gasteiger partial charge in [0, 0.05) is 28.8 Å². The molecule has 4 nitrogen and oxygen atoms in total. The molecule has 1 saturated heterocycles. The van der Waals surface area contributed by atoms with Crippen LogP contribution in [0.1, 0.15) is 10.9 Å². The molecule has 126 valence electrons. The number of hydrogen-bond acceptors (Lipinski definition) is 3. The predicted molar refractivity (Wildman–Crippen MR) is 105 cm³/mol. The summed E-state index contributed by atoms with van der Waals surface area (Å²) in [5, 5.41) is 4.82. The van der Waals surface area contributed by atoms with Crippen LogP contribution in [0.2, 0.25) is 0 Å². The Kier molecular flexibility index (Phi) is 4.39. The molecule has 1 aliphatic rings. The summed E-state index contributed by atoms with van der Waals surface area (Å²) in [5.74, 6) is 0.668. The maximum Gasteiger partial charge on any atom is 0.233 e. The molecule has 0 N–H and O–H groups in total. The standard InChI is InChI=1S/C19H16BrN3OS/c1-22-17(24)12-25-19(22)16-11-23(15-5-3-2-4-6-15)21-18(16)13-7-9-14(20)10-8-13/h2-11,19H,12H2,1H3/t19-/m0/s1. The number of para-hydroxylation sites is 1. The van der Waals surface area contributed by atoms with Crippen molar-refractivity contribution in [3.8, 4) is 16.9 Å². The Labute approximate surface area is 159 Å². The molecule has 0 bridgehead atoms. The monoisotopic (exact) mass is 413 g/mol. The first-order valence-electron chi connectivity index (χ1n) is 7.91. The molecule has 0 saturated carbocycles. The SMILES string of the molecule is CN1C(=O)CS[C@H]1c1cn(-c2ccccc2)nc1-c1ccc(Br)cc1. The highest BCUT2D eigenvalue weighted by molar-refractivity contribution is 9.10. The van der Waals surface area contributed by atoms with Crippen LogP contribution in [0, 0.1) is 0 Å². The number of thioether (sulfide) groups is 1. The minimum atomic E-state index is -0.0105. The molecule has 2 heterocycles. The Morgan fingerprint density at radius 1 is 1.12 bits per heavy atom. The molecular weight excluding hydrogens is 398 g/mol. The molecule has 4 rings (SSSR count). The number of hydrogen-bond donors (Lipinski definition) is 0. The summed E-state index contributed by atoms with van der Waals surface area (Å²) >= 11 is 5.13. The van der Waals surface area contributed by atoms with Crippen molar-refractivity contribution in [2.24, 2.45) is 0 Å². The Morgan fingerprint density at radius 2 is 1.84 bits per heavy atom. The predicted octanol–water partition coefficient (Wildman–Crippen LogP) is 4.51. The molecule has 0 spiro atoms. The average Bonchev–Trinajstić information content (AvgIpc) is 3.21. The van der Waals surface area contributed by atoms with Crippen LogP contribution in [-0.4, -0.2) is 33.4 Å². The van der Waals surface area contributed by atoms with Gasteiger partial charge < -0.3 is 4.90 Å². The van der Waals surface area contributed by atoms with E-state index in [1.807, 2.05) is 72.5 Å². The zero-order chi connectivity index (χ0) is 17.4. The zero-order valence-electron chi connectivity index (χ0n) is 13.6. The van der Waals surface area contributed by atoms with Crippen LogP contribution in [0.25, 0.3) is 16.9 Å². The first-order chi connectivity index (χ1) is 12.1. The van der Waals surface area contributed by atoms with Gasteiger partial charge in [-0.05, 0) is 24.3 Å². The van der Waals surface area contributed by atoms with Crippen LogP contribution in [0.4, 0.5) is 0 Å². The summed E-state index contributed by atoms with van der Waals surface area (Å²) in [4.78, 5) is 13.8. The third-order valence-electron chi connectivity index (χ3n) is 4.26. The van der Waals surface area contributed by atoms with E-state index in [0.29, 0.717) is 5.75 Å². The first kappa shape index (κ1) is 16.4. The number of carbonyl (C=O) groups excluding carboxylic acids is 1. The molecule has 6 heteroatoms. The quantitative estimate of drug-likeness (QED) is 0.633. The summed E-state index contributed by atoms with van der Waals surface area (Å²) in [5.41, 5.74) is 4.02. The third kappa shape index (κ3) is 3.12. The van der Waals surface area contributed by atoms with Crippen LogP contribution in [0.5, 0.6) is 0 Å². The number of halogens is 1. The van der Waals surface area contributed by atoms with Crippen molar-refractivity contribution in [1.29, 1.82) is 0 Å². The second-order valence-electron chi connectivity index (χ2n) is 5.89. The van der Waals surface area contributed by atoms with E-state index in [2.05, 4.69) is 15.9 Å². The maximum atomic E-state index is 12.0. The number of benzene rings is 2. The van der Waals surface area contributed by atoms with Gasteiger partial charge >= 0.3 is 0 Å². The fourth-order valence-corrected chi connectivity index (χ4v) is 4.37. The molecule has 0 unspecified atom stereocenters. The van der Waals surface area contributed by atoms with E-state index in [9.17, 15) is 4.79 Å². The van der Waals surface area contributed by atoms with Crippen LogP contribution >= 0.6 is 27.7 Å². The Bertz CT molecular complexity index is 908. The van der Waals surface area contributed by atoms with Crippen molar-refractivity contribution < 1.29 is 4.79 Å². The summed E-state index contributed by atoms with van der Waals surface area (Å²) < 4.78 is 2.92. The van der Waals surface area contributed by atoms with Crippen molar-refractivity contribution in [3.63, 3.8) is 0 Å². The molecule has 1 aliphatic heterocycles. The molecule has 1 amide bonds. The van der Waals surface area contributed by atoms with Crippen LogP contribution < -0.4 is 0 Å². The van der Waals surface area contributed by atoms with Crippen LogP contribution in [0.15, 0.2) is 65.3 Å². The van der Waals surface area contributed by atoms with Gasteiger partial charge in [0.1, 0.15) is 5.37 Å². The number of amides is 1. The lowest BCUT2D eigenvalue weighted by molar-refractivity contribution is -0.126. The van der Waals surface area contributed by atoms with Gasteiger partial charge in [-0.25, -0.2) is 4.68 Å². The van der Waals surface area contributed by atoms with E-state index in [0.717, 1.165) is 27.0 Å². The molecule has 2 aromatic carbocycles. The van der Waals surface area contributed by atoms with Crippen molar-refractivity contribution in [1.82, 2.24) is 14.7 Å². The first-order valence-corrected chi connectivity index (χ1v) is 9.76. The van der Waals surface area contributed by atoms with E-state index in [1.54, 1.807) is 16.7 Å². The van der Waals surface area contributed by atoms with Crippen molar-refractivity contribution in [3.05, 3.63) is 70.8 Å². The lowest BCUT2D eigenvalue weighted by Crippen LogP contribution is -2.23. The van der Waals surface area contributed by atoms with Crippen molar-refractivity contribution >= 4 is 33.6 Å². The van der Waals surface area contributed by atoms with Gasteiger partial charge in [-0.3, -0.25) is 4.79 Å². The summed E-state index contributed by atoms with van der Waals surface area (Å²) in [6, 6.07) is 18.2. The van der Waals surface area contributed by atoms with Gasteiger partial charge in [0.05, 0.1) is 17.1 Å². The van der Waals surface area contributed by atoms with Crippen LogP contribution in [0.3, 0.4) is 0 Å². The number of carbonyl (C=O) groups is 1. The second kappa shape index (κ2) is 6.69. The summed E-state index contributed by atoms with van der Waals surface area (Å²) in [6.07, 6.45) is 2.04. The van der Waals surface area contributed by atoms with Gasteiger partial charge in [0.25, 0.3) is 0 Å². The van der Waals surface area contributed by atoms with Crippen molar-refractivity contribution in [2.45, 2.75) is 5.37 Å². The molecule has 0 radical (unpaired) electrons. The second-order valence-corrected chi connectivity index (χ2v) is 7.87. The zero-order valence-corrected chi connectivity index (χ0v) is 16.0. The lowest BCUT2D eigenvalue weighted by atomic mass is 10.1. The molecule has 25 heavy (non-hydrogen) atoms. The van der Waals surface area contributed by atoms with E-state index in [-0.39, 0.29) is 11.3 Å². The average molecular weight is 414 g/mol. The number of nitrogens with zero attached hydrogens (tertiary/aromatic N) is 3. The van der Waals surface area contributed by atoms with Crippen LogP contribution in [-0.2, 0) is 4.79 Å². The van der Waals surface area contributed by atoms with Gasteiger partial charge in [-0.2, -0.15) is 5.10 Å². The fraction of sp³-hybridized carbons (Fsp3) is 0.158. The molecule has 1 fully saturated rings. The highest BCUT2D eigenvalue weighted by atomic mass is 79.9. The third-order valence-corrected chi connectivity index (χ3v) is 6.09. The summed E-state index contributed by atoms with van der Waals surface area (Å²) in [6.45, 7) is 0. The van der Waals surface area contributed by atoms with E-state index in [1.165, 1.54) is 0 Å². The lowest BCUT2D eigenvalue weighted by Gasteiger charge is -2.18. The minimum Gasteiger partial charge on any atom is -0.329 e. The molecule has 1 aromatic heterocycles. The Morgan fingerprint density at radius 3 is 2.48 bits per heavy atom.